The molecule has 5 nitrogen and oxygen atoms in total. The number of hydrogen-bond donors (Lipinski definition) is 2. The van der Waals surface area contributed by atoms with E-state index in [1.807, 2.05) is 0 Å². The number of halogens is 3. The van der Waals surface area contributed by atoms with E-state index in [4.69, 9.17) is 21.4 Å². The number of alkyl carbamates (subject to hydrolysis) is 1. The summed E-state index contributed by atoms with van der Waals surface area (Å²) in [6, 6.07) is 0.157. The Kier molecular flexibility index (Phi) is 5.71. The highest BCUT2D eigenvalue weighted by Crippen LogP contribution is 2.24. The second-order valence-corrected chi connectivity index (χ2v) is 5.94. The molecule has 2 N–H and O–H groups in total. The molecule has 0 heterocycles. The Morgan fingerprint density at radius 1 is 1.32 bits per heavy atom. The second-order valence-electron chi connectivity index (χ2n) is 5.56. The molecule has 22 heavy (non-hydrogen) atoms. The van der Waals surface area contributed by atoms with E-state index >= 15 is 0 Å². The van der Waals surface area contributed by atoms with E-state index in [-0.39, 0.29) is 5.56 Å². The average Bonchev–Trinajstić information content (AvgIpc) is 2.35. The lowest BCUT2D eigenvalue weighted by Gasteiger charge is -2.22. The molecular formula is C14H16ClF2NO4. The molecule has 1 unspecified atom stereocenters. The van der Waals surface area contributed by atoms with Crippen LogP contribution in [0.3, 0.4) is 0 Å². The van der Waals surface area contributed by atoms with E-state index in [9.17, 15) is 18.4 Å². The molecule has 0 aromatic heterocycles. The van der Waals surface area contributed by atoms with Crippen LogP contribution in [0, 0.1) is 11.6 Å². The Labute approximate surface area is 131 Å². The lowest BCUT2D eigenvalue weighted by atomic mass is 10.1. The van der Waals surface area contributed by atoms with Gasteiger partial charge in [0.1, 0.15) is 23.3 Å². The fraction of sp³-hybridized carbons (Fsp3) is 0.429. The fourth-order valence-electron chi connectivity index (χ4n) is 1.61. The van der Waals surface area contributed by atoms with Crippen molar-refractivity contribution in [3.05, 3.63) is 34.4 Å². The van der Waals surface area contributed by atoms with E-state index in [1.165, 1.54) is 0 Å². The van der Waals surface area contributed by atoms with Crippen molar-refractivity contribution in [3.63, 3.8) is 0 Å². The van der Waals surface area contributed by atoms with Gasteiger partial charge in [-0.2, -0.15) is 0 Å². The van der Waals surface area contributed by atoms with Gasteiger partial charge >= 0.3 is 12.1 Å². The summed E-state index contributed by atoms with van der Waals surface area (Å²) in [5, 5.41) is 10.7. The number of carboxylic acids is 1. The molecule has 0 fully saturated rings. The molecule has 0 bridgehead atoms. The van der Waals surface area contributed by atoms with Crippen molar-refractivity contribution in [1.29, 1.82) is 0 Å². The molecule has 8 heteroatoms. The molecule has 1 aromatic carbocycles. The average molecular weight is 336 g/mol. The zero-order valence-electron chi connectivity index (χ0n) is 12.2. The molecular weight excluding hydrogens is 320 g/mol. The summed E-state index contributed by atoms with van der Waals surface area (Å²) in [4.78, 5) is 22.8. The zero-order chi connectivity index (χ0) is 17.1. The van der Waals surface area contributed by atoms with Crippen molar-refractivity contribution in [2.45, 2.75) is 38.8 Å². The Hall–Kier alpha value is -1.89. The predicted molar refractivity (Wildman–Crippen MR) is 75.9 cm³/mol. The SMILES string of the molecule is CC(C)(C)OC(=O)NC(Cc1c(F)ccc(F)c1Cl)C(=O)O. The number of amides is 1. The van der Waals surface area contributed by atoms with Crippen molar-refractivity contribution < 1.29 is 28.2 Å². The number of carboxylic acid groups (broad SMARTS) is 1. The summed E-state index contributed by atoms with van der Waals surface area (Å²) < 4.78 is 31.9. The number of benzene rings is 1. The molecule has 0 aliphatic carbocycles. The first-order chi connectivity index (χ1) is 10.0. The Balaban J connectivity index is 2.93. The quantitative estimate of drug-likeness (QED) is 0.829. The first-order valence-corrected chi connectivity index (χ1v) is 6.73. The molecule has 0 aliphatic rings. The summed E-state index contributed by atoms with van der Waals surface area (Å²) in [5.74, 6) is -3.16. The number of nitrogens with one attached hydrogen (secondary N) is 1. The Morgan fingerprint density at radius 3 is 2.36 bits per heavy atom. The van der Waals surface area contributed by atoms with Crippen LogP contribution in [0.5, 0.6) is 0 Å². The summed E-state index contributed by atoms with van der Waals surface area (Å²) in [5.41, 5.74) is -1.15. The van der Waals surface area contributed by atoms with Gasteiger partial charge in [0.2, 0.25) is 0 Å². The first kappa shape index (κ1) is 18.2. The molecule has 1 atom stereocenters. The van der Waals surface area contributed by atoms with Gasteiger partial charge < -0.3 is 15.2 Å². The van der Waals surface area contributed by atoms with Crippen molar-refractivity contribution >= 4 is 23.7 Å². The summed E-state index contributed by atoms with van der Waals surface area (Å²) >= 11 is 5.64. The number of aliphatic carboxylic acids is 1. The third-order valence-corrected chi connectivity index (χ3v) is 2.94. The monoisotopic (exact) mass is 335 g/mol. The summed E-state index contributed by atoms with van der Waals surface area (Å²) in [7, 11) is 0. The van der Waals surface area contributed by atoms with Gasteiger partial charge in [0.25, 0.3) is 0 Å². The van der Waals surface area contributed by atoms with Gasteiger partial charge in [0, 0.05) is 12.0 Å². The normalized spacial score (nSPS) is 12.6. The smallest absolute Gasteiger partial charge is 0.408 e. The van der Waals surface area contributed by atoms with Crippen LogP contribution in [0.25, 0.3) is 0 Å². The van der Waals surface area contributed by atoms with Crippen LogP contribution >= 0.6 is 11.6 Å². The number of rotatable bonds is 4. The summed E-state index contributed by atoms with van der Waals surface area (Å²) in [6.07, 6.45) is -1.50. The first-order valence-electron chi connectivity index (χ1n) is 6.36. The van der Waals surface area contributed by atoms with Crippen LogP contribution in [-0.2, 0) is 16.0 Å². The molecule has 0 spiro atoms. The second kappa shape index (κ2) is 6.91. The Morgan fingerprint density at radius 2 is 1.86 bits per heavy atom. The van der Waals surface area contributed by atoms with Crippen molar-refractivity contribution in [1.82, 2.24) is 5.32 Å². The maximum absolute atomic E-state index is 13.7. The summed E-state index contributed by atoms with van der Waals surface area (Å²) in [6.45, 7) is 4.81. The highest BCUT2D eigenvalue weighted by atomic mass is 35.5. The third-order valence-electron chi connectivity index (χ3n) is 2.54. The van der Waals surface area contributed by atoms with E-state index < -0.39 is 46.8 Å². The predicted octanol–water partition coefficient (Wildman–Crippen LogP) is 3.14. The van der Waals surface area contributed by atoms with Crippen molar-refractivity contribution in [2.24, 2.45) is 0 Å². The van der Waals surface area contributed by atoms with Crippen molar-refractivity contribution in [3.8, 4) is 0 Å². The van der Waals surface area contributed by atoms with Gasteiger partial charge in [-0.3, -0.25) is 0 Å². The molecule has 1 amide bonds. The highest BCUT2D eigenvalue weighted by molar-refractivity contribution is 6.31. The van der Waals surface area contributed by atoms with Gasteiger partial charge in [0.05, 0.1) is 5.02 Å². The number of hydrogen-bond acceptors (Lipinski definition) is 3. The molecule has 1 aromatic rings. The number of carbonyl (C=O) groups excluding carboxylic acids is 1. The van der Waals surface area contributed by atoms with Gasteiger partial charge in [-0.25, -0.2) is 18.4 Å². The minimum atomic E-state index is -1.51. The largest absolute Gasteiger partial charge is 0.480 e. The number of carbonyl (C=O) groups is 2. The minimum Gasteiger partial charge on any atom is -0.480 e. The molecule has 0 radical (unpaired) electrons. The molecule has 1 rings (SSSR count). The van der Waals surface area contributed by atoms with E-state index in [1.54, 1.807) is 20.8 Å². The van der Waals surface area contributed by atoms with Crippen LogP contribution in [0.4, 0.5) is 13.6 Å². The van der Waals surface area contributed by atoms with Crippen LogP contribution in [0.2, 0.25) is 5.02 Å². The van der Waals surface area contributed by atoms with Crippen LogP contribution in [0.15, 0.2) is 12.1 Å². The van der Waals surface area contributed by atoms with Gasteiger partial charge in [-0.15, -0.1) is 0 Å². The minimum absolute atomic E-state index is 0.329. The fourth-order valence-corrected chi connectivity index (χ4v) is 1.84. The standard InChI is InChI=1S/C14H16ClF2NO4/c1-14(2,3)22-13(21)18-10(12(19)20)6-7-8(16)4-5-9(17)11(7)15/h4-5,10H,6H2,1-3H3,(H,18,21)(H,19,20). The van der Waals surface area contributed by atoms with Gasteiger partial charge in [-0.05, 0) is 32.9 Å². The van der Waals surface area contributed by atoms with Gasteiger partial charge in [-0.1, -0.05) is 11.6 Å². The van der Waals surface area contributed by atoms with E-state index in [0.717, 1.165) is 12.1 Å². The molecule has 0 saturated carbocycles. The Bertz CT molecular complexity index is 587. The third kappa shape index (κ3) is 5.14. The van der Waals surface area contributed by atoms with Crippen LogP contribution in [-0.4, -0.2) is 28.8 Å². The molecule has 0 saturated heterocycles. The highest BCUT2D eigenvalue weighted by Gasteiger charge is 2.26. The lowest BCUT2D eigenvalue weighted by Crippen LogP contribution is -2.44. The molecule has 122 valence electrons. The van der Waals surface area contributed by atoms with Crippen LogP contribution < -0.4 is 5.32 Å². The number of ether oxygens (including phenoxy) is 1. The van der Waals surface area contributed by atoms with Gasteiger partial charge in [0.15, 0.2) is 0 Å². The maximum atomic E-state index is 13.7. The maximum Gasteiger partial charge on any atom is 0.408 e. The van der Waals surface area contributed by atoms with Crippen LogP contribution in [0.1, 0.15) is 26.3 Å². The molecule has 0 aliphatic heterocycles. The van der Waals surface area contributed by atoms with E-state index in [2.05, 4.69) is 5.32 Å². The zero-order valence-corrected chi connectivity index (χ0v) is 13.0. The topological polar surface area (TPSA) is 75.6 Å². The van der Waals surface area contributed by atoms with E-state index in [0.29, 0.717) is 0 Å². The lowest BCUT2D eigenvalue weighted by molar-refractivity contribution is -0.139. The van der Waals surface area contributed by atoms with Crippen molar-refractivity contribution in [2.75, 3.05) is 0 Å².